The van der Waals surface area contributed by atoms with Gasteiger partial charge in [0.15, 0.2) is 0 Å². The highest BCUT2D eigenvalue weighted by atomic mass is 15.0. The first-order chi connectivity index (χ1) is 7.53. The summed E-state index contributed by atoms with van der Waals surface area (Å²) in [6, 6.07) is 0. The van der Waals surface area contributed by atoms with E-state index in [9.17, 15) is 0 Å². The quantitative estimate of drug-likeness (QED) is 0.775. The second-order valence-electron chi connectivity index (χ2n) is 4.94. The van der Waals surface area contributed by atoms with Gasteiger partial charge in [-0.05, 0) is 46.7 Å². The highest BCUT2D eigenvalue weighted by molar-refractivity contribution is 5.40. The molecule has 0 amide bonds. The predicted molar refractivity (Wildman–Crippen MR) is 69.3 cm³/mol. The molecule has 0 fully saturated rings. The molecule has 1 aromatic heterocycles. The van der Waals surface area contributed by atoms with Gasteiger partial charge < -0.3 is 9.88 Å². The summed E-state index contributed by atoms with van der Waals surface area (Å²) in [7, 11) is 0. The Morgan fingerprint density at radius 1 is 1.44 bits per heavy atom. The van der Waals surface area contributed by atoms with Gasteiger partial charge in [-0.15, -0.1) is 0 Å². The lowest BCUT2D eigenvalue weighted by Crippen LogP contribution is -2.36. The van der Waals surface area contributed by atoms with Gasteiger partial charge in [-0.2, -0.15) is 0 Å². The maximum atomic E-state index is 4.29. The number of aryl methyl sites for hydroxylation is 1. The fourth-order valence-corrected chi connectivity index (χ4v) is 1.47. The van der Waals surface area contributed by atoms with Crippen LogP contribution in [-0.4, -0.2) is 21.6 Å². The first-order valence-corrected chi connectivity index (χ1v) is 5.95. The fraction of sp³-hybridized carbons (Fsp3) is 0.615. The van der Waals surface area contributed by atoms with Crippen molar-refractivity contribution >= 4 is 6.08 Å². The van der Waals surface area contributed by atoms with Crippen molar-refractivity contribution in [3.63, 3.8) is 0 Å². The normalized spacial score (nSPS) is 12.5. The molecule has 0 aliphatic heterocycles. The molecule has 0 atom stereocenters. The Kier molecular flexibility index (Phi) is 4.74. The number of imidazole rings is 1. The lowest BCUT2D eigenvalue weighted by Gasteiger charge is -2.19. The molecule has 0 saturated heterocycles. The van der Waals surface area contributed by atoms with Gasteiger partial charge in [-0.25, -0.2) is 4.98 Å². The Labute approximate surface area is 98.6 Å². The molecule has 0 saturated carbocycles. The number of nitrogens with one attached hydrogen (secondary N) is 1. The SMILES string of the molecule is CCn1ccnc1C=CCCNC(C)(C)C. The Morgan fingerprint density at radius 2 is 2.19 bits per heavy atom. The zero-order chi connectivity index (χ0) is 12.0. The lowest BCUT2D eigenvalue weighted by atomic mass is 10.1. The molecule has 0 aromatic carbocycles. The van der Waals surface area contributed by atoms with E-state index in [0.29, 0.717) is 0 Å². The summed E-state index contributed by atoms with van der Waals surface area (Å²) in [5.41, 5.74) is 0.204. The van der Waals surface area contributed by atoms with E-state index < -0.39 is 0 Å². The van der Waals surface area contributed by atoms with Gasteiger partial charge in [-0.1, -0.05) is 6.08 Å². The van der Waals surface area contributed by atoms with Gasteiger partial charge in [-0.3, -0.25) is 0 Å². The molecule has 0 aliphatic rings. The number of hydrogen-bond donors (Lipinski definition) is 1. The third-order valence-corrected chi connectivity index (χ3v) is 2.32. The predicted octanol–water partition coefficient (Wildman–Crippen LogP) is 2.69. The van der Waals surface area contributed by atoms with Gasteiger partial charge in [0.05, 0.1) is 0 Å². The molecule has 0 unspecified atom stereocenters. The molecule has 0 spiro atoms. The smallest absolute Gasteiger partial charge is 0.132 e. The van der Waals surface area contributed by atoms with Crippen LogP contribution in [0, 0.1) is 0 Å². The van der Waals surface area contributed by atoms with E-state index in [0.717, 1.165) is 25.3 Å². The van der Waals surface area contributed by atoms with Crippen LogP contribution < -0.4 is 5.32 Å². The third kappa shape index (κ3) is 4.62. The molecule has 0 bridgehead atoms. The molecule has 16 heavy (non-hydrogen) atoms. The van der Waals surface area contributed by atoms with E-state index in [1.165, 1.54) is 0 Å². The van der Waals surface area contributed by atoms with Gasteiger partial charge in [0.1, 0.15) is 5.82 Å². The first-order valence-electron chi connectivity index (χ1n) is 5.95. The average Bonchev–Trinajstić information content (AvgIpc) is 2.63. The van der Waals surface area contributed by atoms with E-state index in [1.54, 1.807) is 0 Å². The van der Waals surface area contributed by atoms with Crippen LogP contribution in [0.5, 0.6) is 0 Å². The van der Waals surface area contributed by atoms with Gasteiger partial charge in [0.2, 0.25) is 0 Å². The van der Waals surface area contributed by atoms with Crippen LogP contribution in [0.4, 0.5) is 0 Å². The number of nitrogens with zero attached hydrogens (tertiary/aromatic N) is 2. The molecule has 0 radical (unpaired) electrons. The van der Waals surface area contributed by atoms with Crippen molar-refractivity contribution in [3.05, 3.63) is 24.3 Å². The van der Waals surface area contributed by atoms with Crippen molar-refractivity contribution < 1.29 is 0 Å². The molecule has 3 heteroatoms. The second kappa shape index (κ2) is 5.85. The van der Waals surface area contributed by atoms with Crippen molar-refractivity contribution in [1.29, 1.82) is 0 Å². The maximum Gasteiger partial charge on any atom is 0.132 e. The summed E-state index contributed by atoms with van der Waals surface area (Å²) in [6.07, 6.45) is 9.15. The summed E-state index contributed by atoms with van der Waals surface area (Å²) in [4.78, 5) is 4.29. The molecular weight excluding hydrogens is 198 g/mol. The maximum absolute atomic E-state index is 4.29. The zero-order valence-corrected chi connectivity index (χ0v) is 10.8. The molecular formula is C13H23N3. The van der Waals surface area contributed by atoms with Crippen molar-refractivity contribution in [2.75, 3.05) is 6.54 Å². The highest BCUT2D eigenvalue weighted by Gasteiger charge is 2.06. The topological polar surface area (TPSA) is 29.9 Å². The molecule has 1 rings (SSSR count). The Hall–Kier alpha value is -1.09. The van der Waals surface area contributed by atoms with E-state index >= 15 is 0 Å². The Morgan fingerprint density at radius 3 is 2.81 bits per heavy atom. The van der Waals surface area contributed by atoms with Crippen LogP contribution in [0.2, 0.25) is 0 Å². The number of aromatic nitrogens is 2. The molecule has 1 aromatic rings. The lowest BCUT2D eigenvalue weighted by molar-refractivity contribution is 0.431. The minimum atomic E-state index is 0.204. The van der Waals surface area contributed by atoms with Gasteiger partial charge >= 0.3 is 0 Å². The van der Waals surface area contributed by atoms with Crippen molar-refractivity contribution in [2.24, 2.45) is 0 Å². The van der Waals surface area contributed by atoms with Crippen LogP contribution in [-0.2, 0) is 6.54 Å². The second-order valence-corrected chi connectivity index (χ2v) is 4.94. The van der Waals surface area contributed by atoms with Gasteiger partial charge in [0.25, 0.3) is 0 Å². The van der Waals surface area contributed by atoms with Crippen molar-refractivity contribution in [1.82, 2.24) is 14.9 Å². The third-order valence-electron chi connectivity index (χ3n) is 2.32. The minimum absolute atomic E-state index is 0.204. The van der Waals surface area contributed by atoms with E-state index in [-0.39, 0.29) is 5.54 Å². The van der Waals surface area contributed by atoms with Crippen molar-refractivity contribution in [2.45, 2.75) is 46.2 Å². The summed E-state index contributed by atoms with van der Waals surface area (Å²) in [5, 5.41) is 3.45. The Bertz CT molecular complexity index is 331. The summed E-state index contributed by atoms with van der Waals surface area (Å²) in [6.45, 7) is 10.6. The van der Waals surface area contributed by atoms with Crippen LogP contribution >= 0.6 is 0 Å². The van der Waals surface area contributed by atoms with Gasteiger partial charge in [0, 0.05) is 24.5 Å². The molecule has 3 nitrogen and oxygen atoms in total. The van der Waals surface area contributed by atoms with Crippen LogP contribution in [0.15, 0.2) is 18.5 Å². The number of rotatable bonds is 5. The zero-order valence-electron chi connectivity index (χ0n) is 10.8. The van der Waals surface area contributed by atoms with E-state index in [4.69, 9.17) is 0 Å². The van der Waals surface area contributed by atoms with Crippen LogP contribution in [0.1, 0.15) is 39.9 Å². The van der Waals surface area contributed by atoms with E-state index in [1.807, 2.05) is 12.4 Å². The summed E-state index contributed by atoms with van der Waals surface area (Å²) >= 11 is 0. The molecule has 1 N–H and O–H groups in total. The highest BCUT2D eigenvalue weighted by Crippen LogP contribution is 2.02. The largest absolute Gasteiger partial charge is 0.332 e. The number of hydrogen-bond acceptors (Lipinski definition) is 2. The van der Waals surface area contributed by atoms with Crippen LogP contribution in [0.3, 0.4) is 0 Å². The van der Waals surface area contributed by atoms with E-state index in [2.05, 4.69) is 54.7 Å². The Balaban J connectivity index is 2.32. The molecule has 0 aliphatic carbocycles. The first kappa shape index (κ1) is 13.0. The average molecular weight is 221 g/mol. The standard InChI is InChI=1S/C13H23N3/c1-5-16-11-10-14-12(16)8-6-7-9-15-13(2,3)4/h6,8,10-11,15H,5,7,9H2,1-4H3. The van der Waals surface area contributed by atoms with Crippen molar-refractivity contribution in [3.8, 4) is 0 Å². The molecule has 1 heterocycles. The summed E-state index contributed by atoms with van der Waals surface area (Å²) in [5.74, 6) is 1.04. The minimum Gasteiger partial charge on any atom is -0.332 e. The fourth-order valence-electron chi connectivity index (χ4n) is 1.47. The monoisotopic (exact) mass is 221 g/mol. The summed E-state index contributed by atoms with van der Waals surface area (Å²) < 4.78 is 2.13. The van der Waals surface area contributed by atoms with Crippen LogP contribution in [0.25, 0.3) is 6.08 Å². The molecule has 90 valence electrons.